The number of hydrogen-bond acceptors (Lipinski definition) is 4. The number of imide groups is 1. The smallest absolute Gasteiger partial charge is 0.325 e. The van der Waals surface area contributed by atoms with Gasteiger partial charge in [-0.3, -0.25) is 14.5 Å². The van der Waals surface area contributed by atoms with Crippen molar-refractivity contribution in [3.05, 3.63) is 29.8 Å². The lowest BCUT2D eigenvalue weighted by Gasteiger charge is -2.33. The van der Waals surface area contributed by atoms with Crippen LogP contribution in [0.25, 0.3) is 0 Å². The van der Waals surface area contributed by atoms with E-state index in [4.69, 9.17) is 4.74 Å². The van der Waals surface area contributed by atoms with Gasteiger partial charge in [-0.05, 0) is 19.9 Å². The van der Waals surface area contributed by atoms with Crippen LogP contribution in [0, 0.1) is 0 Å². The number of carbonyl (C=O) groups is 3. The molecule has 1 spiro atoms. The fourth-order valence-electron chi connectivity index (χ4n) is 3.33. The number of nitrogens with zero attached hydrogens (tertiary/aromatic N) is 2. The van der Waals surface area contributed by atoms with Crippen LogP contribution in [-0.2, 0) is 15.1 Å². The SMILES string of the molecule is CCN(CC)C(=O)CN1C(=O)NC2(CCOc3ccccc32)C1=O. The molecule has 1 atom stereocenters. The number of fused-ring (bicyclic) bond motifs is 2. The van der Waals surface area contributed by atoms with Crippen LogP contribution >= 0.6 is 0 Å². The zero-order valence-corrected chi connectivity index (χ0v) is 13.9. The Morgan fingerprint density at radius 1 is 1.29 bits per heavy atom. The monoisotopic (exact) mass is 331 g/mol. The van der Waals surface area contributed by atoms with Crippen molar-refractivity contribution in [1.29, 1.82) is 0 Å². The number of ether oxygens (including phenoxy) is 1. The first-order valence-corrected chi connectivity index (χ1v) is 8.17. The number of rotatable bonds is 4. The average molecular weight is 331 g/mol. The lowest BCUT2D eigenvalue weighted by molar-refractivity contribution is -0.139. The van der Waals surface area contributed by atoms with Crippen molar-refractivity contribution in [2.24, 2.45) is 0 Å². The van der Waals surface area contributed by atoms with Crippen LogP contribution in [0.1, 0.15) is 25.8 Å². The predicted molar refractivity (Wildman–Crippen MR) is 86.4 cm³/mol. The Morgan fingerprint density at radius 3 is 2.71 bits per heavy atom. The first kappa shape index (κ1) is 16.3. The molecule has 1 aromatic rings. The second kappa shape index (κ2) is 6.14. The standard InChI is InChI=1S/C17H21N3O4/c1-3-19(4-2)14(21)11-20-15(22)17(18-16(20)23)9-10-24-13-8-6-5-7-12(13)17/h5-8H,3-4,9-11H2,1-2H3,(H,18,23). The Hall–Kier alpha value is -2.57. The molecular weight excluding hydrogens is 310 g/mol. The molecule has 4 amide bonds. The third-order valence-electron chi connectivity index (χ3n) is 4.67. The molecule has 0 saturated carbocycles. The minimum Gasteiger partial charge on any atom is -0.493 e. The summed E-state index contributed by atoms with van der Waals surface area (Å²) in [5, 5.41) is 2.79. The van der Waals surface area contributed by atoms with E-state index < -0.39 is 11.6 Å². The van der Waals surface area contributed by atoms with Gasteiger partial charge in [0.25, 0.3) is 5.91 Å². The fourth-order valence-corrected chi connectivity index (χ4v) is 3.33. The van der Waals surface area contributed by atoms with E-state index in [1.54, 1.807) is 23.1 Å². The van der Waals surface area contributed by atoms with Gasteiger partial charge in [0.05, 0.1) is 6.61 Å². The second-order valence-electron chi connectivity index (χ2n) is 5.89. The molecule has 2 heterocycles. The van der Waals surface area contributed by atoms with Crippen molar-refractivity contribution in [3.8, 4) is 5.75 Å². The third kappa shape index (κ3) is 2.40. The molecular formula is C17H21N3O4. The number of benzene rings is 1. The van der Waals surface area contributed by atoms with Gasteiger partial charge >= 0.3 is 6.03 Å². The summed E-state index contributed by atoms with van der Waals surface area (Å²) in [7, 11) is 0. The lowest BCUT2D eigenvalue weighted by Crippen LogP contribution is -2.48. The maximum atomic E-state index is 13.0. The van der Waals surface area contributed by atoms with Gasteiger partial charge in [0.2, 0.25) is 5.91 Å². The molecule has 7 nitrogen and oxygen atoms in total. The van der Waals surface area contributed by atoms with Gasteiger partial charge < -0.3 is 15.0 Å². The zero-order chi connectivity index (χ0) is 17.3. The van der Waals surface area contributed by atoms with Crippen LogP contribution < -0.4 is 10.1 Å². The van der Waals surface area contributed by atoms with Crippen LogP contribution in [0.15, 0.2) is 24.3 Å². The molecule has 1 saturated heterocycles. The van der Waals surface area contributed by atoms with Crippen LogP contribution in [0.2, 0.25) is 0 Å². The van der Waals surface area contributed by atoms with Gasteiger partial charge in [-0.15, -0.1) is 0 Å². The van der Waals surface area contributed by atoms with Crippen molar-refractivity contribution in [3.63, 3.8) is 0 Å². The Labute approximate surface area is 140 Å². The number of carbonyl (C=O) groups excluding carboxylic acids is 3. The Kier molecular flexibility index (Phi) is 4.17. The number of amides is 4. The van der Waals surface area contributed by atoms with Crippen molar-refractivity contribution in [2.75, 3.05) is 26.2 Å². The van der Waals surface area contributed by atoms with E-state index in [2.05, 4.69) is 5.32 Å². The first-order valence-electron chi connectivity index (χ1n) is 8.17. The highest BCUT2D eigenvalue weighted by Crippen LogP contribution is 2.40. The summed E-state index contributed by atoms with van der Waals surface area (Å²) in [5.41, 5.74) is -0.484. The number of likely N-dealkylation sites (N-methyl/N-ethyl adjacent to an activating group) is 1. The molecule has 1 N–H and O–H groups in total. The second-order valence-corrected chi connectivity index (χ2v) is 5.89. The van der Waals surface area contributed by atoms with Crippen LogP contribution in [0.3, 0.4) is 0 Å². The van der Waals surface area contributed by atoms with Gasteiger partial charge in [0, 0.05) is 25.1 Å². The Morgan fingerprint density at radius 2 is 2.00 bits per heavy atom. The lowest BCUT2D eigenvalue weighted by atomic mass is 9.84. The Balaban J connectivity index is 1.89. The predicted octanol–water partition coefficient (Wildman–Crippen LogP) is 1.08. The molecule has 1 unspecified atom stereocenters. The summed E-state index contributed by atoms with van der Waals surface area (Å²) in [6.07, 6.45) is 0.352. The molecule has 24 heavy (non-hydrogen) atoms. The topological polar surface area (TPSA) is 79.0 Å². The van der Waals surface area contributed by atoms with Gasteiger partial charge in [-0.25, -0.2) is 4.79 Å². The third-order valence-corrected chi connectivity index (χ3v) is 4.67. The molecule has 0 aromatic heterocycles. The zero-order valence-electron chi connectivity index (χ0n) is 13.9. The van der Waals surface area contributed by atoms with Gasteiger partial charge in [0.15, 0.2) is 5.54 Å². The molecule has 3 rings (SSSR count). The van der Waals surface area contributed by atoms with E-state index in [0.717, 1.165) is 4.90 Å². The quantitative estimate of drug-likeness (QED) is 0.838. The minimum atomic E-state index is -1.13. The van der Waals surface area contributed by atoms with Crippen LogP contribution in [0.4, 0.5) is 4.79 Å². The fraction of sp³-hybridized carbons (Fsp3) is 0.471. The summed E-state index contributed by atoms with van der Waals surface area (Å²) >= 11 is 0. The summed E-state index contributed by atoms with van der Waals surface area (Å²) in [6, 6.07) is 6.65. The summed E-state index contributed by atoms with van der Waals surface area (Å²) < 4.78 is 5.59. The van der Waals surface area contributed by atoms with Crippen molar-refractivity contribution in [2.45, 2.75) is 25.8 Å². The van der Waals surface area contributed by atoms with E-state index in [1.807, 2.05) is 19.9 Å². The molecule has 7 heteroatoms. The molecule has 0 bridgehead atoms. The largest absolute Gasteiger partial charge is 0.493 e. The van der Waals surface area contributed by atoms with Crippen molar-refractivity contribution >= 4 is 17.8 Å². The maximum absolute atomic E-state index is 13.0. The van der Waals surface area contributed by atoms with E-state index in [-0.39, 0.29) is 18.4 Å². The molecule has 2 aliphatic heterocycles. The molecule has 2 aliphatic rings. The number of hydrogen-bond donors (Lipinski definition) is 1. The van der Waals surface area contributed by atoms with Crippen molar-refractivity contribution in [1.82, 2.24) is 15.1 Å². The highest BCUT2D eigenvalue weighted by atomic mass is 16.5. The summed E-state index contributed by atoms with van der Waals surface area (Å²) in [6.45, 7) is 4.91. The Bertz CT molecular complexity index is 686. The highest BCUT2D eigenvalue weighted by Gasteiger charge is 2.55. The van der Waals surface area contributed by atoms with E-state index >= 15 is 0 Å². The van der Waals surface area contributed by atoms with Crippen LogP contribution in [-0.4, -0.2) is 53.9 Å². The highest BCUT2D eigenvalue weighted by molar-refractivity contribution is 6.09. The molecule has 1 fully saturated rings. The normalized spacial score (nSPS) is 22.2. The maximum Gasteiger partial charge on any atom is 0.325 e. The molecule has 0 aliphatic carbocycles. The number of urea groups is 1. The number of nitrogens with one attached hydrogen (secondary N) is 1. The van der Waals surface area contributed by atoms with E-state index in [0.29, 0.717) is 37.4 Å². The van der Waals surface area contributed by atoms with Crippen LogP contribution in [0.5, 0.6) is 5.75 Å². The minimum absolute atomic E-state index is 0.235. The molecule has 1 aromatic carbocycles. The van der Waals surface area contributed by atoms with Gasteiger partial charge in [-0.1, -0.05) is 18.2 Å². The first-order chi connectivity index (χ1) is 11.5. The van der Waals surface area contributed by atoms with Crippen molar-refractivity contribution < 1.29 is 19.1 Å². The summed E-state index contributed by atoms with van der Waals surface area (Å²) in [5.74, 6) is -0.0287. The van der Waals surface area contributed by atoms with E-state index in [1.165, 1.54) is 0 Å². The van der Waals surface area contributed by atoms with Gasteiger partial charge in [-0.2, -0.15) is 0 Å². The molecule has 128 valence electrons. The van der Waals surface area contributed by atoms with E-state index in [9.17, 15) is 14.4 Å². The van der Waals surface area contributed by atoms with Gasteiger partial charge in [0.1, 0.15) is 12.3 Å². The number of para-hydroxylation sites is 1. The average Bonchev–Trinajstić information content (AvgIpc) is 2.81. The molecule has 0 radical (unpaired) electrons. The summed E-state index contributed by atoms with van der Waals surface area (Å²) in [4.78, 5) is 40.3.